The van der Waals surface area contributed by atoms with Crippen molar-refractivity contribution in [2.75, 3.05) is 5.32 Å². The molecule has 0 saturated heterocycles. The Balaban J connectivity index is 2.32. The normalized spacial score (nSPS) is 17.8. The van der Waals surface area contributed by atoms with Gasteiger partial charge in [-0.3, -0.25) is 4.79 Å². The molecule has 0 aliphatic heterocycles. The first-order valence-corrected chi connectivity index (χ1v) is 5.63. The molecule has 1 unspecified atom stereocenters. The molecule has 0 saturated carbocycles. The number of rotatable bonds is 2. The van der Waals surface area contributed by atoms with Crippen molar-refractivity contribution in [1.29, 1.82) is 0 Å². The molecule has 0 fully saturated rings. The molecule has 88 valence electrons. The van der Waals surface area contributed by atoms with E-state index in [1.165, 1.54) is 12.5 Å². The minimum absolute atomic E-state index is 0.00223. The number of fused-ring (bicyclic) bond motifs is 1. The van der Waals surface area contributed by atoms with Gasteiger partial charge in [-0.25, -0.2) is 0 Å². The quantitative estimate of drug-likeness (QED) is 0.473. The van der Waals surface area contributed by atoms with Gasteiger partial charge in [-0.1, -0.05) is 17.2 Å². The molecule has 1 amide bonds. The highest BCUT2D eigenvalue weighted by Gasteiger charge is 2.20. The molecule has 1 N–H and O–H groups in total. The highest BCUT2D eigenvalue weighted by molar-refractivity contribution is 5.89. The third-order valence-corrected chi connectivity index (χ3v) is 2.99. The summed E-state index contributed by atoms with van der Waals surface area (Å²) in [4.78, 5) is 14.0. The van der Waals surface area contributed by atoms with E-state index < -0.39 is 0 Å². The van der Waals surface area contributed by atoms with E-state index in [1.54, 1.807) is 0 Å². The van der Waals surface area contributed by atoms with E-state index in [1.807, 2.05) is 12.1 Å². The van der Waals surface area contributed by atoms with E-state index in [4.69, 9.17) is 5.53 Å². The van der Waals surface area contributed by atoms with Gasteiger partial charge in [0.05, 0.1) is 0 Å². The van der Waals surface area contributed by atoms with Crippen LogP contribution in [0.1, 0.15) is 24.5 Å². The van der Waals surface area contributed by atoms with Crippen LogP contribution in [0.25, 0.3) is 10.4 Å². The van der Waals surface area contributed by atoms with Gasteiger partial charge in [0.2, 0.25) is 5.91 Å². The number of aryl methyl sites for hydroxylation is 1. The molecule has 1 aliphatic carbocycles. The summed E-state index contributed by atoms with van der Waals surface area (Å²) in [7, 11) is 0. The van der Waals surface area contributed by atoms with Gasteiger partial charge in [0, 0.05) is 23.6 Å². The van der Waals surface area contributed by atoms with Gasteiger partial charge < -0.3 is 5.32 Å². The molecule has 5 heteroatoms. The molecular weight excluding hydrogens is 216 g/mol. The second kappa shape index (κ2) is 4.89. The number of anilines is 1. The van der Waals surface area contributed by atoms with Crippen molar-refractivity contribution in [3.05, 3.63) is 39.8 Å². The zero-order valence-corrected chi connectivity index (χ0v) is 9.68. The molecule has 0 aromatic heterocycles. The SMILES string of the molecule is CC(=O)Nc1cccc2c1CC(N=[N+]=[N-])CC2. The molecule has 1 aromatic rings. The average molecular weight is 230 g/mol. The van der Waals surface area contributed by atoms with Crippen molar-refractivity contribution in [1.82, 2.24) is 0 Å². The van der Waals surface area contributed by atoms with Gasteiger partial charge in [-0.2, -0.15) is 0 Å². The minimum Gasteiger partial charge on any atom is -0.326 e. The molecular formula is C12H14N4O. The third kappa shape index (κ3) is 2.57. The van der Waals surface area contributed by atoms with Gasteiger partial charge >= 0.3 is 0 Å². The molecule has 0 spiro atoms. The highest BCUT2D eigenvalue weighted by atomic mass is 16.1. The fourth-order valence-electron chi connectivity index (χ4n) is 2.25. The summed E-state index contributed by atoms with van der Waals surface area (Å²) in [6.07, 6.45) is 2.48. The van der Waals surface area contributed by atoms with Crippen LogP contribution in [0, 0.1) is 0 Å². The number of benzene rings is 1. The molecule has 5 nitrogen and oxygen atoms in total. The summed E-state index contributed by atoms with van der Waals surface area (Å²) in [5.74, 6) is -0.0793. The van der Waals surface area contributed by atoms with E-state index in [9.17, 15) is 4.79 Å². The first kappa shape index (κ1) is 11.5. The van der Waals surface area contributed by atoms with Crippen molar-refractivity contribution in [2.45, 2.75) is 32.2 Å². The van der Waals surface area contributed by atoms with Crippen molar-refractivity contribution in [3.63, 3.8) is 0 Å². The highest BCUT2D eigenvalue weighted by Crippen LogP contribution is 2.29. The summed E-state index contributed by atoms with van der Waals surface area (Å²) in [6.45, 7) is 1.49. The number of carbonyl (C=O) groups excluding carboxylic acids is 1. The number of hydrogen-bond acceptors (Lipinski definition) is 2. The Labute approximate surface area is 99.5 Å². The predicted octanol–water partition coefficient (Wildman–Crippen LogP) is 2.81. The Morgan fingerprint density at radius 1 is 1.59 bits per heavy atom. The van der Waals surface area contributed by atoms with Gasteiger partial charge in [0.25, 0.3) is 0 Å². The maximum absolute atomic E-state index is 11.1. The van der Waals surface area contributed by atoms with Crippen LogP contribution in [-0.2, 0) is 17.6 Å². The third-order valence-electron chi connectivity index (χ3n) is 2.99. The maximum atomic E-state index is 11.1. The lowest BCUT2D eigenvalue weighted by molar-refractivity contribution is -0.114. The maximum Gasteiger partial charge on any atom is 0.221 e. The summed E-state index contributed by atoms with van der Waals surface area (Å²) < 4.78 is 0. The first-order chi connectivity index (χ1) is 8.20. The molecule has 0 heterocycles. The van der Waals surface area contributed by atoms with E-state index in [-0.39, 0.29) is 11.9 Å². The topological polar surface area (TPSA) is 77.9 Å². The van der Waals surface area contributed by atoms with Crippen molar-refractivity contribution in [3.8, 4) is 0 Å². The zero-order chi connectivity index (χ0) is 12.3. The summed E-state index contributed by atoms with van der Waals surface area (Å²) >= 11 is 0. The van der Waals surface area contributed by atoms with Crippen LogP contribution in [0.5, 0.6) is 0 Å². The van der Waals surface area contributed by atoms with Crippen LogP contribution in [0.2, 0.25) is 0 Å². The number of carbonyl (C=O) groups is 1. The molecule has 1 aliphatic rings. The molecule has 1 atom stereocenters. The minimum atomic E-state index is -0.0793. The van der Waals surface area contributed by atoms with Crippen LogP contribution >= 0.6 is 0 Å². The van der Waals surface area contributed by atoms with E-state index in [0.29, 0.717) is 6.42 Å². The van der Waals surface area contributed by atoms with Crippen LogP contribution < -0.4 is 5.32 Å². The summed E-state index contributed by atoms with van der Waals surface area (Å²) in [5, 5.41) is 6.59. The number of nitrogens with one attached hydrogen (secondary N) is 1. The number of nitrogens with zero attached hydrogens (tertiary/aromatic N) is 3. The van der Waals surface area contributed by atoms with Gasteiger partial charge in [0.15, 0.2) is 0 Å². The van der Waals surface area contributed by atoms with Crippen LogP contribution in [0.4, 0.5) is 5.69 Å². The molecule has 17 heavy (non-hydrogen) atoms. The number of hydrogen-bond donors (Lipinski definition) is 1. The van der Waals surface area contributed by atoms with Crippen molar-refractivity contribution < 1.29 is 4.79 Å². The van der Waals surface area contributed by atoms with E-state index >= 15 is 0 Å². The lowest BCUT2D eigenvalue weighted by Crippen LogP contribution is -2.19. The Morgan fingerprint density at radius 2 is 2.41 bits per heavy atom. The van der Waals surface area contributed by atoms with E-state index in [2.05, 4.69) is 21.4 Å². The first-order valence-electron chi connectivity index (χ1n) is 5.63. The van der Waals surface area contributed by atoms with E-state index in [0.717, 1.165) is 24.1 Å². The fraction of sp³-hybridized carbons (Fsp3) is 0.417. The Hall–Kier alpha value is -2.00. The van der Waals surface area contributed by atoms with Crippen molar-refractivity contribution in [2.24, 2.45) is 5.11 Å². The lowest BCUT2D eigenvalue weighted by Gasteiger charge is -2.23. The fourth-order valence-corrected chi connectivity index (χ4v) is 2.25. The van der Waals surface area contributed by atoms with Gasteiger partial charge in [-0.05, 0) is 42.0 Å². The number of amides is 1. The smallest absolute Gasteiger partial charge is 0.221 e. The zero-order valence-electron chi connectivity index (χ0n) is 9.68. The largest absolute Gasteiger partial charge is 0.326 e. The second-order valence-electron chi connectivity index (χ2n) is 4.23. The van der Waals surface area contributed by atoms with Crippen LogP contribution in [-0.4, -0.2) is 11.9 Å². The van der Waals surface area contributed by atoms with Gasteiger partial charge in [-0.15, -0.1) is 0 Å². The monoisotopic (exact) mass is 230 g/mol. The van der Waals surface area contributed by atoms with Crippen LogP contribution in [0.15, 0.2) is 23.3 Å². The Morgan fingerprint density at radius 3 is 3.12 bits per heavy atom. The summed E-state index contributed by atoms with van der Waals surface area (Å²) in [5.41, 5.74) is 11.7. The standard InChI is InChI=1S/C12H14N4O/c1-8(17)14-12-4-2-3-9-5-6-10(15-16-13)7-11(9)12/h2-4,10H,5-7H2,1H3,(H,14,17). The number of azide groups is 1. The Kier molecular flexibility index (Phi) is 3.30. The Bertz CT molecular complexity index is 491. The van der Waals surface area contributed by atoms with Gasteiger partial charge in [0.1, 0.15) is 0 Å². The molecule has 2 rings (SSSR count). The predicted molar refractivity (Wildman–Crippen MR) is 65.7 cm³/mol. The molecule has 1 aromatic carbocycles. The second-order valence-corrected chi connectivity index (χ2v) is 4.23. The molecule has 0 bridgehead atoms. The summed E-state index contributed by atoms with van der Waals surface area (Å²) in [6, 6.07) is 5.89. The average Bonchev–Trinajstić information content (AvgIpc) is 2.29. The van der Waals surface area contributed by atoms with Crippen molar-refractivity contribution >= 4 is 11.6 Å². The molecule has 0 radical (unpaired) electrons. The van der Waals surface area contributed by atoms with Crippen LogP contribution in [0.3, 0.4) is 0 Å². The lowest BCUT2D eigenvalue weighted by atomic mass is 9.87.